The van der Waals surface area contributed by atoms with Crippen molar-refractivity contribution in [2.24, 2.45) is 0 Å². The molecule has 0 atom stereocenters. The highest BCUT2D eigenvalue weighted by molar-refractivity contribution is 5.68. The van der Waals surface area contributed by atoms with Gasteiger partial charge in [0.25, 0.3) is 0 Å². The van der Waals surface area contributed by atoms with E-state index in [1.807, 2.05) is 0 Å². The highest BCUT2D eigenvalue weighted by Gasteiger charge is 2.27. The summed E-state index contributed by atoms with van der Waals surface area (Å²) in [5, 5.41) is 0. The van der Waals surface area contributed by atoms with E-state index in [9.17, 15) is 35.1 Å². The second kappa shape index (κ2) is 17.3. The van der Waals surface area contributed by atoms with Gasteiger partial charge in [-0.1, -0.05) is 0 Å². The molecule has 0 aliphatic carbocycles. The Hall–Kier alpha value is -4.48. The van der Waals surface area contributed by atoms with E-state index in [-0.39, 0.29) is 110 Å². The van der Waals surface area contributed by atoms with Crippen LogP contribution in [0.15, 0.2) is 60.7 Å². The summed E-state index contributed by atoms with van der Waals surface area (Å²) in [6.45, 7) is 3.60. The SMILES string of the molecule is CCOc1ccc(-c2ccc(OCCCCC(F)(F)CCCCOc3ccc(-c4ccc(OCC)c(F)c4F)c(F)c3)cc2F)c(F)c1F. The Kier molecular flexibility index (Phi) is 13.2. The molecular weight excluding hydrogens is 660 g/mol. The molecule has 0 saturated carbocycles. The van der Waals surface area contributed by atoms with Crippen LogP contribution in [0.4, 0.5) is 35.1 Å². The fourth-order valence-electron chi connectivity index (χ4n) is 5.10. The van der Waals surface area contributed by atoms with Crippen molar-refractivity contribution in [3.63, 3.8) is 0 Å². The number of hydrogen-bond acceptors (Lipinski definition) is 4. The van der Waals surface area contributed by atoms with Crippen LogP contribution >= 0.6 is 0 Å². The maximum Gasteiger partial charge on any atom is 0.248 e. The molecule has 4 nitrogen and oxygen atoms in total. The largest absolute Gasteiger partial charge is 0.493 e. The van der Waals surface area contributed by atoms with Crippen molar-refractivity contribution in [1.29, 1.82) is 0 Å². The fourth-order valence-corrected chi connectivity index (χ4v) is 5.10. The molecule has 0 unspecified atom stereocenters. The first kappa shape index (κ1) is 37.3. The standard InChI is InChI=1S/C37H36F8O4/c1-3-46-31-15-13-27(33(40)35(31)42)25-11-9-23(21-29(25)38)48-19-7-5-17-37(44,45)18-6-8-20-49-24-10-12-26(30(39)22-24)28-14-16-32(47-4-2)36(43)34(28)41/h9-16,21-22H,3-8,17-20H2,1-2H3. The third kappa shape index (κ3) is 9.79. The molecule has 264 valence electrons. The van der Waals surface area contributed by atoms with Crippen LogP contribution in [0.3, 0.4) is 0 Å². The van der Waals surface area contributed by atoms with Gasteiger partial charge in [0.1, 0.15) is 23.1 Å². The first-order valence-electron chi connectivity index (χ1n) is 15.9. The Morgan fingerprint density at radius 1 is 0.469 bits per heavy atom. The first-order chi connectivity index (χ1) is 23.5. The highest BCUT2D eigenvalue weighted by Crippen LogP contribution is 2.35. The Balaban J connectivity index is 1.16. The van der Waals surface area contributed by atoms with Crippen LogP contribution in [-0.4, -0.2) is 32.4 Å². The molecule has 12 heteroatoms. The molecule has 4 aromatic carbocycles. The van der Waals surface area contributed by atoms with Crippen LogP contribution in [0.25, 0.3) is 22.3 Å². The van der Waals surface area contributed by atoms with Crippen LogP contribution in [0.1, 0.15) is 52.4 Å². The third-order valence-electron chi connectivity index (χ3n) is 7.57. The number of hydrogen-bond donors (Lipinski definition) is 0. The minimum absolute atomic E-state index is 0.0459. The lowest BCUT2D eigenvalue weighted by Gasteiger charge is -2.16. The molecule has 4 aromatic rings. The summed E-state index contributed by atoms with van der Waals surface area (Å²) in [4.78, 5) is 0. The average Bonchev–Trinajstić information content (AvgIpc) is 3.06. The van der Waals surface area contributed by atoms with Crippen molar-refractivity contribution in [2.75, 3.05) is 26.4 Å². The number of alkyl halides is 2. The van der Waals surface area contributed by atoms with Gasteiger partial charge in [0.2, 0.25) is 17.6 Å². The van der Waals surface area contributed by atoms with E-state index in [1.54, 1.807) is 13.8 Å². The van der Waals surface area contributed by atoms with Gasteiger partial charge in [-0.25, -0.2) is 26.3 Å². The summed E-state index contributed by atoms with van der Waals surface area (Å²) in [6, 6.07) is 12.2. The van der Waals surface area contributed by atoms with E-state index in [4.69, 9.17) is 18.9 Å². The molecule has 0 N–H and O–H groups in total. The molecule has 0 bridgehead atoms. The number of rotatable bonds is 18. The number of unbranched alkanes of at least 4 members (excludes halogenated alkanes) is 2. The van der Waals surface area contributed by atoms with Gasteiger partial charge < -0.3 is 18.9 Å². The molecule has 0 radical (unpaired) electrons. The molecule has 0 aliphatic heterocycles. The van der Waals surface area contributed by atoms with Crippen molar-refractivity contribution < 1.29 is 54.1 Å². The Morgan fingerprint density at radius 3 is 1.22 bits per heavy atom. The van der Waals surface area contributed by atoms with E-state index in [2.05, 4.69) is 0 Å². The van der Waals surface area contributed by atoms with Crippen LogP contribution in [0, 0.1) is 34.9 Å². The van der Waals surface area contributed by atoms with Gasteiger partial charge in [0.15, 0.2) is 23.1 Å². The molecule has 0 saturated heterocycles. The van der Waals surface area contributed by atoms with Gasteiger partial charge in [-0.05, 0) is 88.1 Å². The number of halogens is 8. The van der Waals surface area contributed by atoms with Crippen LogP contribution in [0.5, 0.6) is 23.0 Å². The van der Waals surface area contributed by atoms with Crippen molar-refractivity contribution in [3.8, 4) is 45.3 Å². The van der Waals surface area contributed by atoms with Gasteiger partial charge in [0, 0.05) is 47.2 Å². The molecule has 0 aromatic heterocycles. The minimum Gasteiger partial charge on any atom is -0.493 e. The second-order valence-corrected chi connectivity index (χ2v) is 11.1. The lowest BCUT2D eigenvalue weighted by Crippen LogP contribution is -2.16. The zero-order valence-electron chi connectivity index (χ0n) is 27.0. The van der Waals surface area contributed by atoms with Crippen LogP contribution < -0.4 is 18.9 Å². The molecule has 49 heavy (non-hydrogen) atoms. The van der Waals surface area contributed by atoms with Gasteiger partial charge in [-0.2, -0.15) is 8.78 Å². The topological polar surface area (TPSA) is 36.9 Å². The lowest BCUT2D eigenvalue weighted by atomic mass is 10.0. The predicted molar refractivity (Wildman–Crippen MR) is 169 cm³/mol. The highest BCUT2D eigenvalue weighted by atomic mass is 19.3. The molecule has 0 fully saturated rings. The fraction of sp³-hybridized carbons (Fsp3) is 0.351. The quantitative estimate of drug-likeness (QED) is 0.0767. The normalized spacial score (nSPS) is 11.5. The maximum absolute atomic E-state index is 14.7. The molecule has 0 amide bonds. The second-order valence-electron chi connectivity index (χ2n) is 11.1. The van der Waals surface area contributed by atoms with E-state index in [0.29, 0.717) is 0 Å². The summed E-state index contributed by atoms with van der Waals surface area (Å²) in [7, 11) is 0. The van der Waals surface area contributed by atoms with Crippen LogP contribution in [-0.2, 0) is 0 Å². The number of benzene rings is 4. The third-order valence-corrected chi connectivity index (χ3v) is 7.57. The van der Waals surface area contributed by atoms with Gasteiger partial charge in [-0.15, -0.1) is 0 Å². The summed E-state index contributed by atoms with van der Waals surface area (Å²) < 4.78 is 137. The zero-order valence-corrected chi connectivity index (χ0v) is 27.0. The predicted octanol–water partition coefficient (Wildman–Crippen LogP) is 11.1. The Bertz CT molecular complexity index is 1590. The van der Waals surface area contributed by atoms with E-state index >= 15 is 0 Å². The molecule has 0 spiro atoms. The molecular formula is C37H36F8O4. The number of ether oxygens (including phenoxy) is 4. The molecule has 4 rings (SSSR count). The average molecular weight is 697 g/mol. The van der Waals surface area contributed by atoms with E-state index < -0.39 is 40.8 Å². The monoisotopic (exact) mass is 696 g/mol. The van der Waals surface area contributed by atoms with Gasteiger partial charge in [0.05, 0.1) is 26.4 Å². The summed E-state index contributed by atoms with van der Waals surface area (Å²) >= 11 is 0. The van der Waals surface area contributed by atoms with Crippen molar-refractivity contribution in [1.82, 2.24) is 0 Å². The summed E-state index contributed by atoms with van der Waals surface area (Å²) in [5.41, 5.74) is -0.897. The summed E-state index contributed by atoms with van der Waals surface area (Å²) in [5.74, 6) is -9.86. The Labute approximate surface area is 279 Å². The van der Waals surface area contributed by atoms with E-state index in [0.717, 1.165) is 12.1 Å². The summed E-state index contributed by atoms with van der Waals surface area (Å²) in [6.07, 6.45) is 0.0620. The lowest BCUT2D eigenvalue weighted by molar-refractivity contribution is -0.0215. The molecule has 0 heterocycles. The van der Waals surface area contributed by atoms with Gasteiger partial charge in [-0.3, -0.25) is 0 Å². The Morgan fingerprint density at radius 2 is 0.857 bits per heavy atom. The maximum atomic E-state index is 14.7. The van der Waals surface area contributed by atoms with Gasteiger partial charge >= 0.3 is 0 Å². The van der Waals surface area contributed by atoms with E-state index in [1.165, 1.54) is 48.5 Å². The smallest absolute Gasteiger partial charge is 0.248 e. The first-order valence-corrected chi connectivity index (χ1v) is 15.9. The van der Waals surface area contributed by atoms with Crippen molar-refractivity contribution >= 4 is 0 Å². The minimum atomic E-state index is -2.93. The van der Waals surface area contributed by atoms with Crippen molar-refractivity contribution in [2.45, 2.75) is 58.3 Å². The molecule has 0 aliphatic rings. The van der Waals surface area contributed by atoms with Crippen molar-refractivity contribution in [3.05, 3.63) is 95.6 Å². The van der Waals surface area contributed by atoms with Crippen LogP contribution in [0.2, 0.25) is 0 Å². The zero-order chi connectivity index (χ0) is 35.6.